The van der Waals surface area contributed by atoms with Crippen molar-refractivity contribution in [3.8, 4) is 17.2 Å². The van der Waals surface area contributed by atoms with Gasteiger partial charge in [0.1, 0.15) is 5.75 Å². The molecule has 1 N–H and O–H groups in total. The summed E-state index contributed by atoms with van der Waals surface area (Å²) in [6.07, 6.45) is 0.536. The maximum absolute atomic E-state index is 12.4. The van der Waals surface area contributed by atoms with Gasteiger partial charge in [-0.3, -0.25) is 0 Å². The van der Waals surface area contributed by atoms with Crippen LogP contribution in [0.15, 0.2) is 41.3 Å². The third-order valence-corrected chi connectivity index (χ3v) is 5.29. The van der Waals surface area contributed by atoms with Crippen LogP contribution in [-0.4, -0.2) is 36.3 Å². The number of aryl methyl sites for hydroxylation is 1. The van der Waals surface area contributed by atoms with E-state index < -0.39 is 10.0 Å². The Labute approximate surface area is 148 Å². The van der Waals surface area contributed by atoms with E-state index in [1.165, 1.54) is 6.07 Å². The summed E-state index contributed by atoms with van der Waals surface area (Å²) >= 11 is 0. The summed E-state index contributed by atoms with van der Waals surface area (Å²) in [4.78, 5) is 0.220. The second kappa shape index (κ2) is 8.22. The summed E-state index contributed by atoms with van der Waals surface area (Å²) in [7, 11) is 1.12. The van der Waals surface area contributed by atoms with Crippen LogP contribution < -0.4 is 18.9 Å². The molecule has 2 rings (SSSR count). The highest BCUT2D eigenvalue weighted by atomic mass is 32.2. The zero-order valence-corrected chi connectivity index (χ0v) is 15.6. The fourth-order valence-electron chi connectivity index (χ4n) is 2.47. The van der Waals surface area contributed by atoms with Gasteiger partial charge in [0, 0.05) is 6.54 Å². The van der Waals surface area contributed by atoms with Gasteiger partial charge >= 0.3 is 0 Å². The Hall–Kier alpha value is -2.25. The van der Waals surface area contributed by atoms with Gasteiger partial charge in [-0.2, -0.15) is 0 Å². The molecule has 0 aliphatic carbocycles. The SMILES string of the molecule is COc1ccc(S(=O)(=O)NCCc2ccc(OC)c(OC)c2)cc1C. The van der Waals surface area contributed by atoms with Crippen molar-refractivity contribution < 1.29 is 22.6 Å². The Bertz CT molecular complexity index is 833. The second-order valence-corrected chi connectivity index (χ2v) is 7.24. The van der Waals surface area contributed by atoms with Crippen LogP contribution in [0.5, 0.6) is 17.2 Å². The van der Waals surface area contributed by atoms with Gasteiger partial charge in [-0.15, -0.1) is 0 Å². The predicted molar refractivity (Wildman–Crippen MR) is 96.2 cm³/mol. The lowest BCUT2D eigenvalue weighted by molar-refractivity contribution is 0.354. The molecule has 0 aromatic heterocycles. The summed E-state index contributed by atoms with van der Waals surface area (Å²) in [5.74, 6) is 1.92. The van der Waals surface area contributed by atoms with Crippen molar-refractivity contribution in [3.05, 3.63) is 47.5 Å². The minimum absolute atomic E-state index is 0.220. The highest BCUT2D eigenvalue weighted by Crippen LogP contribution is 2.27. The Morgan fingerprint density at radius 1 is 0.880 bits per heavy atom. The Kier molecular flexibility index (Phi) is 6.27. The molecular weight excluding hydrogens is 342 g/mol. The van der Waals surface area contributed by atoms with E-state index >= 15 is 0 Å². The Morgan fingerprint density at radius 3 is 2.12 bits per heavy atom. The van der Waals surface area contributed by atoms with Crippen LogP contribution in [0.4, 0.5) is 0 Å². The first-order valence-corrected chi connectivity index (χ1v) is 9.25. The lowest BCUT2D eigenvalue weighted by Gasteiger charge is -2.11. The van der Waals surface area contributed by atoms with Crippen molar-refractivity contribution in [1.29, 1.82) is 0 Å². The number of hydrogen-bond acceptors (Lipinski definition) is 5. The average Bonchev–Trinajstić information content (AvgIpc) is 2.61. The van der Waals surface area contributed by atoms with Crippen molar-refractivity contribution in [2.45, 2.75) is 18.2 Å². The van der Waals surface area contributed by atoms with Gasteiger partial charge < -0.3 is 14.2 Å². The maximum atomic E-state index is 12.4. The van der Waals surface area contributed by atoms with E-state index in [9.17, 15) is 8.42 Å². The van der Waals surface area contributed by atoms with Crippen LogP contribution in [0.25, 0.3) is 0 Å². The zero-order valence-electron chi connectivity index (χ0n) is 14.8. The molecule has 0 atom stereocenters. The molecule has 136 valence electrons. The summed E-state index contributed by atoms with van der Waals surface area (Å²) in [6.45, 7) is 2.09. The van der Waals surface area contributed by atoms with Crippen LogP contribution in [0.3, 0.4) is 0 Å². The molecule has 0 bridgehead atoms. The molecule has 0 aliphatic rings. The number of ether oxygens (including phenoxy) is 3. The van der Waals surface area contributed by atoms with Gasteiger partial charge in [0.05, 0.1) is 26.2 Å². The number of benzene rings is 2. The zero-order chi connectivity index (χ0) is 18.4. The van der Waals surface area contributed by atoms with E-state index in [0.717, 1.165) is 11.1 Å². The third kappa shape index (κ3) is 4.64. The lowest BCUT2D eigenvalue weighted by Crippen LogP contribution is -2.26. The van der Waals surface area contributed by atoms with E-state index in [1.54, 1.807) is 39.5 Å². The van der Waals surface area contributed by atoms with Crippen molar-refractivity contribution >= 4 is 10.0 Å². The highest BCUT2D eigenvalue weighted by molar-refractivity contribution is 7.89. The molecule has 0 unspecified atom stereocenters. The summed E-state index contributed by atoms with van der Waals surface area (Å²) in [5, 5.41) is 0. The van der Waals surface area contributed by atoms with Gasteiger partial charge in [-0.25, -0.2) is 13.1 Å². The Morgan fingerprint density at radius 2 is 1.52 bits per heavy atom. The molecule has 0 aliphatic heterocycles. The van der Waals surface area contributed by atoms with Crippen molar-refractivity contribution in [2.24, 2.45) is 0 Å². The average molecular weight is 365 g/mol. The minimum Gasteiger partial charge on any atom is -0.496 e. The maximum Gasteiger partial charge on any atom is 0.240 e. The highest BCUT2D eigenvalue weighted by Gasteiger charge is 2.15. The van der Waals surface area contributed by atoms with E-state index in [4.69, 9.17) is 14.2 Å². The van der Waals surface area contributed by atoms with Gasteiger partial charge in [0.2, 0.25) is 10.0 Å². The molecule has 2 aromatic carbocycles. The van der Waals surface area contributed by atoms with Crippen LogP contribution in [0.1, 0.15) is 11.1 Å². The first-order chi connectivity index (χ1) is 11.9. The fourth-order valence-corrected chi connectivity index (χ4v) is 3.58. The number of sulfonamides is 1. The van der Waals surface area contributed by atoms with Crippen molar-refractivity contribution in [1.82, 2.24) is 4.72 Å². The largest absolute Gasteiger partial charge is 0.496 e. The molecule has 25 heavy (non-hydrogen) atoms. The molecule has 2 aromatic rings. The lowest BCUT2D eigenvalue weighted by atomic mass is 10.1. The second-order valence-electron chi connectivity index (χ2n) is 5.47. The number of hydrogen-bond donors (Lipinski definition) is 1. The molecule has 0 saturated carbocycles. The molecule has 6 nitrogen and oxygen atoms in total. The van der Waals surface area contributed by atoms with E-state index in [2.05, 4.69) is 4.72 Å². The fraction of sp³-hybridized carbons (Fsp3) is 0.333. The minimum atomic E-state index is -3.57. The van der Waals surface area contributed by atoms with Crippen LogP contribution >= 0.6 is 0 Å². The van der Waals surface area contributed by atoms with Gasteiger partial charge in [-0.05, 0) is 54.8 Å². The third-order valence-electron chi connectivity index (χ3n) is 3.83. The van der Waals surface area contributed by atoms with Crippen LogP contribution in [0.2, 0.25) is 0 Å². The van der Waals surface area contributed by atoms with Gasteiger partial charge in [0.25, 0.3) is 0 Å². The normalized spacial score (nSPS) is 11.2. The number of methoxy groups -OCH3 is 3. The van der Waals surface area contributed by atoms with Gasteiger partial charge in [0.15, 0.2) is 11.5 Å². The molecule has 0 heterocycles. The molecule has 0 radical (unpaired) electrons. The van der Waals surface area contributed by atoms with Gasteiger partial charge in [-0.1, -0.05) is 6.07 Å². The van der Waals surface area contributed by atoms with E-state index in [0.29, 0.717) is 23.7 Å². The summed E-state index contributed by atoms with van der Waals surface area (Å²) in [5.41, 5.74) is 1.72. The van der Waals surface area contributed by atoms with Crippen LogP contribution in [-0.2, 0) is 16.4 Å². The first-order valence-electron chi connectivity index (χ1n) is 7.76. The quantitative estimate of drug-likeness (QED) is 0.778. The summed E-state index contributed by atoms with van der Waals surface area (Å²) in [6, 6.07) is 10.3. The molecule has 0 fully saturated rings. The summed E-state index contributed by atoms with van der Waals surface area (Å²) < 4.78 is 43.0. The smallest absolute Gasteiger partial charge is 0.240 e. The Balaban J connectivity index is 2.04. The standard InChI is InChI=1S/C18H23NO5S/c1-13-11-15(6-8-16(13)22-2)25(20,21)19-10-9-14-5-7-17(23-3)18(12-14)24-4/h5-8,11-12,19H,9-10H2,1-4H3. The molecular formula is C18H23NO5S. The molecule has 0 amide bonds. The van der Waals surface area contributed by atoms with Crippen molar-refractivity contribution in [3.63, 3.8) is 0 Å². The van der Waals surface area contributed by atoms with Crippen LogP contribution in [0, 0.1) is 6.92 Å². The molecule has 0 saturated heterocycles. The van der Waals surface area contributed by atoms with E-state index in [-0.39, 0.29) is 11.4 Å². The molecule has 7 heteroatoms. The predicted octanol–water partition coefficient (Wildman–Crippen LogP) is 2.54. The first kappa shape index (κ1) is 19.1. The number of rotatable bonds is 8. The molecule has 0 spiro atoms. The monoisotopic (exact) mass is 365 g/mol. The number of nitrogens with one attached hydrogen (secondary N) is 1. The van der Waals surface area contributed by atoms with Crippen molar-refractivity contribution in [2.75, 3.05) is 27.9 Å². The van der Waals surface area contributed by atoms with E-state index in [1.807, 2.05) is 19.1 Å². The topological polar surface area (TPSA) is 73.9 Å².